The average Bonchev–Trinajstić information content (AvgIpc) is 2.90. The van der Waals surface area contributed by atoms with E-state index in [9.17, 15) is 4.79 Å². The highest BCUT2D eigenvalue weighted by Crippen LogP contribution is 2.33. The van der Waals surface area contributed by atoms with Gasteiger partial charge >= 0.3 is 0 Å². The molecule has 0 bridgehead atoms. The van der Waals surface area contributed by atoms with Gasteiger partial charge in [0, 0.05) is 11.6 Å². The molecule has 0 saturated carbocycles. The number of nitrogens with zero attached hydrogens (tertiary/aromatic N) is 2. The van der Waals surface area contributed by atoms with Gasteiger partial charge in [-0.05, 0) is 35.4 Å². The van der Waals surface area contributed by atoms with E-state index in [2.05, 4.69) is 4.98 Å². The number of hydrogen-bond acceptors (Lipinski definition) is 4. The van der Waals surface area contributed by atoms with Crippen LogP contribution < -0.4 is 0 Å². The molecule has 5 heteroatoms. The lowest BCUT2D eigenvalue weighted by atomic mass is 10.1. The van der Waals surface area contributed by atoms with Gasteiger partial charge in [0.2, 0.25) is 0 Å². The third-order valence-electron chi connectivity index (χ3n) is 3.98. The largest absolute Gasteiger partial charge is 0.288 e. The zero-order chi connectivity index (χ0) is 17.2. The summed E-state index contributed by atoms with van der Waals surface area (Å²) in [5, 5.41) is 1.05. The highest BCUT2D eigenvalue weighted by atomic mass is 32.2. The summed E-state index contributed by atoms with van der Waals surface area (Å²) in [7, 11) is 0. The van der Waals surface area contributed by atoms with Crippen LogP contribution in [0.5, 0.6) is 0 Å². The number of fused-ring (bicyclic) bond motifs is 1. The molecule has 1 aromatic heterocycles. The van der Waals surface area contributed by atoms with Crippen LogP contribution in [0.4, 0.5) is 0 Å². The maximum atomic E-state index is 12.7. The summed E-state index contributed by atoms with van der Waals surface area (Å²) in [5.74, 6) is -0.0369. The SMILES string of the molecule is O=C1/C(=C/c2ccc3ncccc3c2)SC(=S)N1Cc1ccccc1. The predicted octanol–water partition coefficient (Wildman–Crippen LogP) is 4.64. The number of thiocarbonyl (C=S) groups is 1. The van der Waals surface area contributed by atoms with Crippen molar-refractivity contribution in [3.8, 4) is 0 Å². The van der Waals surface area contributed by atoms with Crippen LogP contribution in [0.25, 0.3) is 17.0 Å². The maximum absolute atomic E-state index is 12.7. The molecule has 25 heavy (non-hydrogen) atoms. The van der Waals surface area contributed by atoms with Crippen LogP contribution in [0.2, 0.25) is 0 Å². The number of pyridine rings is 1. The van der Waals surface area contributed by atoms with Gasteiger partial charge in [0.15, 0.2) is 0 Å². The Labute approximate surface area is 155 Å². The Morgan fingerprint density at radius 3 is 2.76 bits per heavy atom. The second-order valence-corrected chi connectivity index (χ2v) is 7.38. The van der Waals surface area contributed by atoms with Crippen molar-refractivity contribution >= 4 is 51.2 Å². The van der Waals surface area contributed by atoms with Crippen LogP contribution in [0.3, 0.4) is 0 Å². The minimum atomic E-state index is -0.0369. The topological polar surface area (TPSA) is 33.2 Å². The monoisotopic (exact) mass is 362 g/mol. The number of rotatable bonds is 3. The highest BCUT2D eigenvalue weighted by molar-refractivity contribution is 8.26. The molecule has 1 amide bonds. The van der Waals surface area contributed by atoms with Gasteiger partial charge in [-0.15, -0.1) is 0 Å². The second kappa shape index (κ2) is 6.78. The van der Waals surface area contributed by atoms with Crippen molar-refractivity contribution in [1.82, 2.24) is 9.88 Å². The fraction of sp³-hybridized carbons (Fsp3) is 0.0500. The van der Waals surface area contributed by atoms with Gasteiger partial charge in [-0.2, -0.15) is 0 Å². The molecular weight excluding hydrogens is 348 g/mol. The van der Waals surface area contributed by atoms with E-state index >= 15 is 0 Å². The van der Waals surface area contributed by atoms with Gasteiger partial charge in [-0.1, -0.05) is 66.4 Å². The van der Waals surface area contributed by atoms with E-state index in [4.69, 9.17) is 12.2 Å². The van der Waals surface area contributed by atoms with Gasteiger partial charge in [0.1, 0.15) is 4.32 Å². The first-order valence-corrected chi connectivity index (χ1v) is 9.07. The van der Waals surface area contributed by atoms with Crippen LogP contribution in [-0.2, 0) is 11.3 Å². The molecule has 1 aliphatic rings. The normalized spacial score (nSPS) is 16.2. The summed E-state index contributed by atoms with van der Waals surface area (Å²) in [6.45, 7) is 0.504. The molecule has 0 aliphatic carbocycles. The Hall–Kier alpha value is -2.50. The van der Waals surface area contributed by atoms with E-state index in [0.717, 1.165) is 22.0 Å². The molecule has 122 valence electrons. The number of carbonyl (C=O) groups excluding carboxylic acids is 1. The van der Waals surface area contributed by atoms with Gasteiger partial charge < -0.3 is 0 Å². The van der Waals surface area contributed by atoms with Crippen molar-refractivity contribution in [2.24, 2.45) is 0 Å². The van der Waals surface area contributed by atoms with Crippen molar-refractivity contribution < 1.29 is 4.79 Å². The van der Waals surface area contributed by atoms with E-state index in [1.54, 1.807) is 11.1 Å². The summed E-state index contributed by atoms with van der Waals surface area (Å²) in [6.07, 6.45) is 3.67. The standard InChI is InChI=1S/C20H14N2OS2/c23-19-18(12-15-8-9-17-16(11-15)7-4-10-21-17)25-20(24)22(19)13-14-5-2-1-3-6-14/h1-12H,13H2/b18-12-. The van der Waals surface area contributed by atoms with Crippen molar-refractivity contribution in [3.63, 3.8) is 0 Å². The molecule has 0 atom stereocenters. The number of amides is 1. The minimum absolute atomic E-state index is 0.0369. The average molecular weight is 362 g/mol. The molecular formula is C20H14N2OS2. The number of thioether (sulfide) groups is 1. The smallest absolute Gasteiger partial charge is 0.266 e. The summed E-state index contributed by atoms with van der Waals surface area (Å²) in [4.78, 5) is 19.4. The predicted molar refractivity (Wildman–Crippen MR) is 107 cm³/mol. The fourth-order valence-electron chi connectivity index (χ4n) is 2.74. The summed E-state index contributed by atoms with van der Waals surface area (Å²) >= 11 is 6.76. The van der Waals surface area contributed by atoms with Crippen molar-refractivity contribution in [2.45, 2.75) is 6.54 Å². The van der Waals surface area contributed by atoms with Gasteiger partial charge in [0.25, 0.3) is 5.91 Å². The Kier molecular flexibility index (Phi) is 4.34. The molecule has 2 aromatic carbocycles. The molecule has 0 radical (unpaired) electrons. The van der Waals surface area contributed by atoms with E-state index in [1.165, 1.54) is 11.8 Å². The molecule has 0 N–H and O–H groups in total. The lowest BCUT2D eigenvalue weighted by Gasteiger charge is -2.14. The van der Waals surface area contributed by atoms with E-state index in [1.807, 2.05) is 66.7 Å². The fourth-order valence-corrected chi connectivity index (χ4v) is 3.99. The Morgan fingerprint density at radius 1 is 1.08 bits per heavy atom. The first kappa shape index (κ1) is 16.0. The molecule has 0 unspecified atom stereocenters. The van der Waals surface area contributed by atoms with E-state index < -0.39 is 0 Å². The molecule has 3 nitrogen and oxygen atoms in total. The van der Waals surface area contributed by atoms with E-state index in [0.29, 0.717) is 15.8 Å². The third kappa shape index (κ3) is 3.34. The number of carbonyl (C=O) groups is 1. The quantitative estimate of drug-likeness (QED) is 0.502. The van der Waals surface area contributed by atoms with Crippen LogP contribution in [-0.4, -0.2) is 20.1 Å². The summed E-state index contributed by atoms with van der Waals surface area (Å²) in [5.41, 5.74) is 2.98. The van der Waals surface area contributed by atoms with Crippen LogP contribution in [0, 0.1) is 0 Å². The first-order valence-electron chi connectivity index (χ1n) is 7.85. The molecule has 2 heterocycles. The second-order valence-electron chi connectivity index (χ2n) is 5.71. The lowest BCUT2D eigenvalue weighted by Crippen LogP contribution is -2.27. The summed E-state index contributed by atoms with van der Waals surface area (Å²) in [6, 6.07) is 19.8. The molecule has 0 spiro atoms. The van der Waals surface area contributed by atoms with Crippen molar-refractivity contribution in [1.29, 1.82) is 0 Å². The Bertz CT molecular complexity index is 999. The zero-order valence-corrected chi connectivity index (χ0v) is 14.9. The van der Waals surface area contributed by atoms with Crippen molar-refractivity contribution in [2.75, 3.05) is 0 Å². The van der Waals surface area contributed by atoms with Gasteiger partial charge in [-0.3, -0.25) is 14.7 Å². The summed E-state index contributed by atoms with van der Waals surface area (Å²) < 4.78 is 0.600. The van der Waals surface area contributed by atoms with Crippen molar-refractivity contribution in [3.05, 3.63) is 82.9 Å². The molecule has 3 aromatic rings. The van der Waals surface area contributed by atoms with E-state index in [-0.39, 0.29) is 5.91 Å². The highest BCUT2D eigenvalue weighted by Gasteiger charge is 2.31. The lowest BCUT2D eigenvalue weighted by molar-refractivity contribution is -0.122. The minimum Gasteiger partial charge on any atom is -0.288 e. The zero-order valence-electron chi connectivity index (χ0n) is 13.3. The maximum Gasteiger partial charge on any atom is 0.266 e. The van der Waals surface area contributed by atoms with Crippen LogP contribution in [0.15, 0.2) is 71.8 Å². The Balaban J connectivity index is 1.60. The third-order valence-corrected chi connectivity index (χ3v) is 5.36. The molecule has 1 aliphatic heterocycles. The molecule has 4 rings (SSSR count). The van der Waals surface area contributed by atoms with Gasteiger partial charge in [-0.25, -0.2) is 0 Å². The molecule has 1 saturated heterocycles. The molecule has 1 fully saturated rings. The van der Waals surface area contributed by atoms with Crippen LogP contribution in [0.1, 0.15) is 11.1 Å². The Morgan fingerprint density at radius 2 is 1.92 bits per heavy atom. The number of benzene rings is 2. The number of aromatic nitrogens is 1. The number of hydrogen-bond donors (Lipinski definition) is 0. The first-order chi connectivity index (χ1) is 12.2. The van der Waals surface area contributed by atoms with Crippen LogP contribution >= 0.6 is 24.0 Å². The van der Waals surface area contributed by atoms with Gasteiger partial charge in [0.05, 0.1) is 17.0 Å².